The number of nitrogens with zero attached hydrogens (tertiary/aromatic N) is 2. The van der Waals surface area contributed by atoms with Crippen LogP contribution in [0, 0.1) is 0 Å². The highest BCUT2D eigenvalue weighted by molar-refractivity contribution is 5.92. The zero-order chi connectivity index (χ0) is 12.8. The number of nitrogens with two attached hydrogens (primary N) is 1. The Kier molecular flexibility index (Phi) is 6.97. The molecule has 2 amide bonds. The van der Waals surface area contributed by atoms with E-state index in [0.29, 0.717) is 18.7 Å². The number of aromatic nitrogens is 1. The minimum Gasteiger partial charge on any atom is -1.00 e. The summed E-state index contributed by atoms with van der Waals surface area (Å²) in [5.41, 5.74) is 5.57. The summed E-state index contributed by atoms with van der Waals surface area (Å²) in [6.45, 7) is 5.58. The van der Waals surface area contributed by atoms with Gasteiger partial charge in [-0.3, -0.25) is 9.59 Å². The van der Waals surface area contributed by atoms with Gasteiger partial charge in [0.25, 0.3) is 5.91 Å². The Hall–Kier alpha value is -1.62. The van der Waals surface area contributed by atoms with E-state index < -0.39 is 5.91 Å². The highest BCUT2D eigenvalue weighted by atomic mass is 35.5. The molecule has 0 atom stereocenters. The average molecular weight is 272 g/mol. The Balaban J connectivity index is 0.00000289. The molecule has 0 saturated heterocycles. The highest BCUT2D eigenvalue weighted by Crippen LogP contribution is 1.94. The molecule has 18 heavy (non-hydrogen) atoms. The van der Waals surface area contributed by atoms with Crippen molar-refractivity contribution in [2.24, 2.45) is 5.73 Å². The van der Waals surface area contributed by atoms with Crippen LogP contribution in [0.15, 0.2) is 24.5 Å². The SMILES string of the molecule is CCN(CC)C(=O)C[n+]1ccc(C(N)=O)cc1.[Cl-]. The fourth-order valence-corrected chi connectivity index (χ4v) is 1.56. The van der Waals surface area contributed by atoms with E-state index in [2.05, 4.69) is 0 Å². The number of amides is 2. The zero-order valence-corrected chi connectivity index (χ0v) is 11.4. The molecule has 0 radical (unpaired) electrons. The van der Waals surface area contributed by atoms with E-state index in [-0.39, 0.29) is 24.9 Å². The third kappa shape index (κ3) is 4.33. The third-order valence-corrected chi connectivity index (χ3v) is 2.61. The van der Waals surface area contributed by atoms with Gasteiger partial charge in [0.1, 0.15) is 0 Å². The number of likely N-dealkylation sites (N-methyl/N-ethyl adjacent to an activating group) is 1. The monoisotopic (exact) mass is 271 g/mol. The second kappa shape index (κ2) is 7.66. The second-order valence-electron chi connectivity index (χ2n) is 3.69. The van der Waals surface area contributed by atoms with Gasteiger partial charge in [-0.1, -0.05) is 0 Å². The number of rotatable bonds is 5. The van der Waals surface area contributed by atoms with Crippen molar-refractivity contribution >= 4 is 11.8 Å². The van der Waals surface area contributed by atoms with Gasteiger partial charge in [0, 0.05) is 25.2 Å². The molecule has 0 aliphatic carbocycles. The number of halogens is 1. The summed E-state index contributed by atoms with van der Waals surface area (Å²) in [7, 11) is 0. The quantitative estimate of drug-likeness (QED) is 0.578. The predicted molar refractivity (Wildman–Crippen MR) is 63.1 cm³/mol. The van der Waals surface area contributed by atoms with Crippen molar-refractivity contribution in [3.63, 3.8) is 0 Å². The first-order valence-electron chi connectivity index (χ1n) is 5.65. The first-order chi connectivity index (χ1) is 8.08. The Morgan fingerprint density at radius 1 is 1.22 bits per heavy atom. The number of hydrogen-bond donors (Lipinski definition) is 1. The fraction of sp³-hybridized carbons (Fsp3) is 0.417. The van der Waals surface area contributed by atoms with Crippen LogP contribution in [0.2, 0.25) is 0 Å². The van der Waals surface area contributed by atoms with Gasteiger partial charge in [0.05, 0.1) is 5.56 Å². The Morgan fingerprint density at radius 3 is 2.11 bits per heavy atom. The summed E-state index contributed by atoms with van der Waals surface area (Å²) in [5, 5.41) is 0. The maximum Gasteiger partial charge on any atom is 0.288 e. The van der Waals surface area contributed by atoms with E-state index >= 15 is 0 Å². The first-order valence-corrected chi connectivity index (χ1v) is 5.65. The smallest absolute Gasteiger partial charge is 0.288 e. The molecule has 5 nitrogen and oxygen atoms in total. The summed E-state index contributed by atoms with van der Waals surface area (Å²) in [6.07, 6.45) is 3.36. The average Bonchev–Trinajstić information content (AvgIpc) is 2.31. The van der Waals surface area contributed by atoms with Gasteiger partial charge in [0.15, 0.2) is 12.4 Å². The van der Waals surface area contributed by atoms with Crippen LogP contribution in [0.5, 0.6) is 0 Å². The molecule has 6 heteroatoms. The minimum absolute atomic E-state index is 0. The lowest BCUT2D eigenvalue weighted by molar-refractivity contribution is -0.685. The summed E-state index contributed by atoms with van der Waals surface area (Å²) >= 11 is 0. The predicted octanol–water partition coefficient (Wildman–Crippen LogP) is -3.05. The van der Waals surface area contributed by atoms with Gasteiger partial charge < -0.3 is 23.0 Å². The molecule has 0 aromatic carbocycles. The van der Waals surface area contributed by atoms with Crippen molar-refractivity contribution in [3.8, 4) is 0 Å². The molecule has 0 unspecified atom stereocenters. The van der Waals surface area contributed by atoms with E-state index in [1.807, 2.05) is 13.8 Å². The van der Waals surface area contributed by atoms with E-state index in [9.17, 15) is 9.59 Å². The van der Waals surface area contributed by atoms with Gasteiger partial charge >= 0.3 is 0 Å². The van der Waals surface area contributed by atoms with E-state index in [4.69, 9.17) is 5.73 Å². The minimum atomic E-state index is -0.466. The maximum atomic E-state index is 11.8. The Bertz CT molecular complexity index is 402. The van der Waals surface area contributed by atoms with E-state index in [0.717, 1.165) is 0 Å². The van der Waals surface area contributed by atoms with Gasteiger partial charge in [-0.15, -0.1) is 0 Å². The van der Waals surface area contributed by atoms with Crippen LogP contribution in [-0.4, -0.2) is 29.8 Å². The number of carbonyl (C=O) groups is 2. The molecule has 1 rings (SSSR count). The molecular formula is C12H18ClN3O2. The molecule has 1 aromatic heterocycles. The second-order valence-corrected chi connectivity index (χ2v) is 3.69. The molecule has 0 saturated carbocycles. The molecule has 100 valence electrons. The Labute approximate surface area is 113 Å². The lowest BCUT2D eigenvalue weighted by Crippen LogP contribution is -3.00. The van der Waals surface area contributed by atoms with Crippen LogP contribution in [-0.2, 0) is 11.3 Å². The fourth-order valence-electron chi connectivity index (χ4n) is 1.56. The van der Waals surface area contributed by atoms with Crippen LogP contribution in [0.1, 0.15) is 24.2 Å². The van der Waals surface area contributed by atoms with Crippen molar-refractivity contribution in [1.29, 1.82) is 0 Å². The molecule has 0 aliphatic heterocycles. The number of pyridine rings is 1. The molecule has 0 fully saturated rings. The van der Waals surface area contributed by atoms with Crippen LogP contribution in [0.4, 0.5) is 0 Å². The topological polar surface area (TPSA) is 67.3 Å². The van der Waals surface area contributed by atoms with Crippen LogP contribution < -0.4 is 22.7 Å². The summed E-state index contributed by atoms with van der Waals surface area (Å²) in [5.74, 6) is -0.404. The van der Waals surface area contributed by atoms with Crippen LogP contribution in [0.25, 0.3) is 0 Å². The van der Waals surface area contributed by atoms with Gasteiger partial charge in [-0.2, -0.15) is 4.57 Å². The van der Waals surface area contributed by atoms with Crippen molar-refractivity contribution < 1.29 is 26.6 Å². The zero-order valence-electron chi connectivity index (χ0n) is 10.6. The molecule has 1 heterocycles. The highest BCUT2D eigenvalue weighted by Gasteiger charge is 2.15. The van der Waals surface area contributed by atoms with E-state index in [1.165, 1.54) is 0 Å². The van der Waals surface area contributed by atoms with Gasteiger partial charge in [-0.25, -0.2) is 0 Å². The van der Waals surface area contributed by atoms with Crippen LogP contribution >= 0.6 is 0 Å². The van der Waals surface area contributed by atoms with Crippen molar-refractivity contribution in [2.75, 3.05) is 13.1 Å². The first kappa shape index (κ1) is 16.4. The lowest BCUT2D eigenvalue weighted by atomic mass is 10.2. The normalized spacial score (nSPS) is 9.44. The van der Waals surface area contributed by atoms with Gasteiger partial charge in [0.2, 0.25) is 12.5 Å². The van der Waals surface area contributed by atoms with Crippen molar-refractivity contribution in [2.45, 2.75) is 20.4 Å². The Morgan fingerprint density at radius 2 is 1.72 bits per heavy atom. The van der Waals surface area contributed by atoms with E-state index in [1.54, 1.807) is 34.0 Å². The molecular weight excluding hydrogens is 254 g/mol. The summed E-state index contributed by atoms with van der Waals surface area (Å²) in [6, 6.07) is 3.22. The van der Waals surface area contributed by atoms with Crippen LogP contribution in [0.3, 0.4) is 0 Å². The molecule has 0 aliphatic rings. The number of carbonyl (C=O) groups excluding carboxylic acids is 2. The van der Waals surface area contributed by atoms with Crippen molar-refractivity contribution in [1.82, 2.24) is 4.90 Å². The summed E-state index contributed by atoms with van der Waals surface area (Å²) in [4.78, 5) is 24.4. The number of primary amides is 1. The van der Waals surface area contributed by atoms with Gasteiger partial charge in [-0.05, 0) is 13.8 Å². The van der Waals surface area contributed by atoms with Crippen molar-refractivity contribution in [3.05, 3.63) is 30.1 Å². The standard InChI is InChI=1S/C12H17N3O2.ClH/c1-3-15(4-2)11(16)9-14-7-5-10(6-8-14)12(13)17;/h5-8H,3-4,9H2,1-2H3,(H-,13,17);1H. The lowest BCUT2D eigenvalue weighted by Gasteiger charge is -2.16. The molecule has 1 aromatic rings. The molecule has 0 bridgehead atoms. The third-order valence-electron chi connectivity index (χ3n) is 2.61. The number of hydrogen-bond acceptors (Lipinski definition) is 2. The summed E-state index contributed by atoms with van der Waals surface area (Å²) < 4.78 is 1.73. The molecule has 2 N–H and O–H groups in total. The maximum absolute atomic E-state index is 11.8. The largest absolute Gasteiger partial charge is 1.00 e. The molecule has 0 spiro atoms.